The maximum Gasteiger partial charge on any atom is 0.176 e. The summed E-state index contributed by atoms with van der Waals surface area (Å²) in [5, 5.41) is 3.48. The highest BCUT2D eigenvalue weighted by Gasteiger charge is 2.13. The molecular formula is C19H29NO. The molecule has 1 aromatic rings. The molecule has 0 atom stereocenters. The zero-order chi connectivity index (χ0) is 15.1. The van der Waals surface area contributed by atoms with Gasteiger partial charge < -0.3 is 5.32 Å². The SMILES string of the molecule is CC(C)c1ccc(C(=O)CNC2CCCCCCC2)cc1. The highest BCUT2D eigenvalue weighted by Crippen LogP contribution is 2.17. The number of Topliss-reactive ketones (excluding diaryl/α,β-unsaturated/α-hetero) is 1. The van der Waals surface area contributed by atoms with E-state index in [1.54, 1.807) is 0 Å². The van der Waals surface area contributed by atoms with E-state index >= 15 is 0 Å². The second-order valence-electron chi connectivity index (χ2n) is 6.62. The average molecular weight is 287 g/mol. The molecule has 1 N–H and O–H groups in total. The molecule has 2 heteroatoms. The minimum absolute atomic E-state index is 0.215. The van der Waals surface area contributed by atoms with Crippen LogP contribution >= 0.6 is 0 Å². The highest BCUT2D eigenvalue weighted by molar-refractivity contribution is 5.97. The van der Waals surface area contributed by atoms with E-state index in [4.69, 9.17) is 0 Å². The van der Waals surface area contributed by atoms with Crippen LogP contribution in [0.4, 0.5) is 0 Å². The Labute approximate surface area is 129 Å². The largest absolute Gasteiger partial charge is 0.307 e. The predicted molar refractivity (Wildman–Crippen MR) is 89.0 cm³/mol. The summed E-state index contributed by atoms with van der Waals surface area (Å²) in [7, 11) is 0. The molecule has 2 nitrogen and oxygen atoms in total. The van der Waals surface area contributed by atoms with Crippen molar-refractivity contribution in [2.45, 2.75) is 70.8 Å². The Bertz CT molecular complexity index is 427. The first-order valence-electron chi connectivity index (χ1n) is 8.53. The van der Waals surface area contributed by atoms with E-state index in [9.17, 15) is 4.79 Å². The molecule has 1 aliphatic carbocycles. The van der Waals surface area contributed by atoms with Crippen LogP contribution in [0.5, 0.6) is 0 Å². The minimum Gasteiger partial charge on any atom is -0.307 e. The third-order valence-electron chi connectivity index (χ3n) is 4.56. The monoisotopic (exact) mass is 287 g/mol. The van der Waals surface area contributed by atoms with Crippen LogP contribution in [0.1, 0.15) is 80.6 Å². The second kappa shape index (κ2) is 8.33. The van der Waals surface area contributed by atoms with Crippen LogP contribution in [0.2, 0.25) is 0 Å². The molecule has 1 aliphatic rings. The Balaban J connectivity index is 1.82. The molecular weight excluding hydrogens is 258 g/mol. The first-order chi connectivity index (χ1) is 10.2. The summed E-state index contributed by atoms with van der Waals surface area (Å²) >= 11 is 0. The van der Waals surface area contributed by atoms with Crippen molar-refractivity contribution in [2.75, 3.05) is 6.54 Å². The van der Waals surface area contributed by atoms with Gasteiger partial charge in [0, 0.05) is 11.6 Å². The van der Waals surface area contributed by atoms with Crippen molar-refractivity contribution in [3.8, 4) is 0 Å². The summed E-state index contributed by atoms with van der Waals surface area (Å²) < 4.78 is 0. The standard InChI is InChI=1S/C19H29NO/c1-15(2)16-10-12-17(13-11-16)19(21)14-20-18-8-6-4-3-5-7-9-18/h10-13,15,18,20H,3-9,14H2,1-2H3. The molecule has 0 spiro atoms. The lowest BCUT2D eigenvalue weighted by molar-refractivity contribution is 0.0985. The van der Waals surface area contributed by atoms with E-state index in [1.807, 2.05) is 12.1 Å². The summed E-state index contributed by atoms with van der Waals surface area (Å²) in [4.78, 5) is 12.3. The summed E-state index contributed by atoms with van der Waals surface area (Å²) in [6, 6.07) is 8.63. The fourth-order valence-corrected chi connectivity index (χ4v) is 3.05. The maximum absolute atomic E-state index is 12.3. The number of benzene rings is 1. The fourth-order valence-electron chi connectivity index (χ4n) is 3.05. The minimum atomic E-state index is 0.215. The molecule has 0 heterocycles. The Morgan fingerprint density at radius 2 is 1.62 bits per heavy atom. The van der Waals surface area contributed by atoms with Gasteiger partial charge in [0.25, 0.3) is 0 Å². The molecule has 21 heavy (non-hydrogen) atoms. The number of ketones is 1. The number of rotatable bonds is 5. The lowest BCUT2D eigenvalue weighted by Gasteiger charge is -2.20. The van der Waals surface area contributed by atoms with Gasteiger partial charge >= 0.3 is 0 Å². The number of nitrogens with one attached hydrogen (secondary N) is 1. The van der Waals surface area contributed by atoms with Crippen molar-refractivity contribution >= 4 is 5.78 Å². The van der Waals surface area contributed by atoms with E-state index in [1.165, 1.54) is 50.5 Å². The normalized spacial score (nSPS) is 17.5. The molecule has 1 saturated carbocycles. The van der Waals surface area contributed by atoms with Gasteiger partial charge in [-0.25, -0.2) is 0 Å². The van der Waals surface area contributed by atoms with Crippen LogP contribution in [0.25, 0.3) is 0 Å². The summed E-state index contributed by atoms with van der Waals surface area (Å²) in [6.45, 7) is 4.83. The average Bonchev–Trinajstić information content (AvgIpc) is 2.46. The van der Waals surface area contributed by atoms with Gasteiger partial charge in [0.15, 0.2) is 5.78 Å². The zero-order valence-corrected chi connectivity index (χ0v) is 13.5. The van der Waals surface area contributed by atoms with Crippen molar-refractivity contribution in [1.82, 2.24) is 5.32 Å². The highest BCUT2D eigenvalue weighted by atomic mass is 16.1. The van der Waals surface area contributed by atoms with Gasteiger partial charge in [-0.15, -0.1) is 0 Å². The molecule has 0 saturated heterocycles. The van der Waals surface area contributed by atoms with Crippen molar-refractivity contribution in [2.24, 2.45) is 0 Å². The van der Waals surface area contributed by atoms with Gasteiger partial charge in [0.05, 0.1) is 6.54 Å². The smallest absolute Gasteiger partial charge is 0.176 e. The summed E-state index contributed by atoms with van der Waals surface area (Å²) in [5.41, 5.74) is 2.12. The van der Waals surface area contributed by atoms with Crippen molar-refractivity contribution < 1.29 is 4.79 Å². The second-order valence-corrected chi connectivity index (χ2v) is 6.62. The number of carbonyl (C=O) groups excluding carboxylic acids is 1. The lowest BCUT2D eigenvalue weighted by atomic mass is 9.96. The molecule has 2 rings (SSSR count). The van der Waals surface area contributed by atoms with Crippen LogP contribution in [-0.4, -0.2) is 18.4 Å². The molecule has 0 radical (unpaired) electrons. The first-order valence-corrected chi connectivity index (χ1v) is 8.53. The van der Waals surface area contributed by atoms with Gasteiger partial charge in [-0.1, -0.05) is 70.2 Å². The van der Waals surface area contributed by atoms with Crippen LogP contribution in [0.15, 0.2) is 24.3 Å². The number of hydrogen-bond acceptors (Lipinski definition) is 2. The van der Waals surface area contributed by atoms with E-state index in [2.05, 4.69) is 31.3 Å². The topological polar surface area (TPSA) is 29.1 Å². The van der Waals surface area contributed by atoms with Gasteiger partial charge in [-0.05, 0) is 24.3 Å². The van der Waals surface area contributed by atoms with E-state index in [0.717, 1.165) is 5.56 Å². The molecule has 116 valence electrons. The third-order valence-corrected chi connectivity index (χ3v) is 4.56. The quantitative estimate of drug-likeness (QED) is 0.796. The van der Waals surface area contributed by atoms with Crippen molar-refractivity contribution in [3.05, 3.63) is 35.4 Å². The van der Waals surface area contributed by atoms with Crippen LogP contribution in [0.3, 0.4) is 0 Å². The zero-order valence-electron chi connectivity index (χ0n) is 13.5. The van der Waals surface area contributed by atoms with Crippen LogP contribution < -0.4 is 5.32 Å². The lowest BCUT2D eigenvalue weighted by Crippen LogP contribution is -2.34. The fraction of sp³-hybridized carbons (Fsp3) is 0.632. The van der Waals surface area contributed by atoms with Crippen molar-refractivity contribution in [3.63, 3.8) is 0 Å². The van der Waals surface area contributed by atoms with Crippen LogP contribution in [0, 0.1) is 0 Å². The first kappa shape index (κ1) is 16.2. The van der Waals surface area contributed by atoms with Gasteiger partial charge in [-0.2, -0.15) is 0 Å². The van der Waals surface area contributed by atoms with E-state index in [0.29, 0.717) is 18.5 Å². The predicted octanol–water partition coefficient (Wildman–Crippen LogP) is 4.70. The summed E-state index contributed by atoms with van der Waals surface area (Å²) in [5.74, 6) is 0.731. The molecule has 1 fully saturated rings. The molecule has 0 bridgehead atoms. The Kier molecular flexibility index (Phi) is 6.44. The molecule has 0 unspecified atom stereocenters. The van der Waals surface area contributed by atoms with Gasteiger partial charge in [0.2, 0.25) is 0 Å². The number of carbonyl (C=O) groups is 1. The third kappa shape index (κ3) is 5.28. The summed E-state index contributed by atoms with van der Waals surface area (Å²) in [6.07, 6.45) is 9.13. The van der Waals surface area contributed by atoms with Crippen molar-refractivity contribution in [1.29, 1.82) is 0 Å². The van der Waals surface area contributed by atoms with Gasteiger partial charge in [-0.3, -0.25) is 4.79 Å². The van der Waals surface area contributed by atoms with Gasteiger partial charge in [0.1, 0.15) is 0 Å². The molecule has 0 aromatic heterocycles. The van der Waals surface area contributed by atoms with E-state index in [-0.39, 0.29) is 5.78 Å². The Morgan fingerprint density at radius 3 is 2.19 bits per heavy atom. The van der Waals surface area contributed by atoms with Crippen LogP contribution in [-0.2, 0) is 0 Å². The molecule has 0 aliphatic heterocycles. The number of hydrogen-bond donors (Lipinski definition) is 1. The Morgan fingerprint density at radius 1 is 1.05 bits per heavy atom. The molecule has 0 amide bonds. The maximum atomic E-state index is 12.3. The van der Waals surface area contributed by atoms with E-state index < -0.39 is 0 Å². The Hall–Kier alpha value is -1.15. The molecule has 1 aromatic carbocycles.